The molecular weight excluding hydrogens is 274 g/mol. The number of carbonyl (C=O) groups excluding carboxylic acids is 1. The Balaban J connectivity index is 2.34. The lowest BCUT2D eigenvalue weighted by molar-refractivity contribution is -0.142. The molecule has 0 aliphatic heterocycles. The van der Waals surface area contributed by atoms with Crippen molar-refractivity contribution in [3.05, 3.63) is 27.4 Å². The van der Waals surface area contributed by atoms with Crippen molar-refractivity contribution >= 4 is 11.9 Å². The fourth-order valence-corrected chi connectivity index (χ4v) is 2.34. The smallest absolute Gasteiger partial charge is 0.326 e. The average Bonchev–Trinajstić information content (AvgIpc) is 3.21. The van der Waals surface area contributed by atoms with Crippen molar-refractivity contribution in [1.29, 1.82) is 0 Å². The molecule has 0 bridgehead atoms. The molecular formula is C14H19N3O4. The fraction of sp³-hybridized carbons (Fsp3) is 0.571. The molecule has 1 heterocycles. The molecule has 0 radical (unpaired) electrons. The highest BCUT2D eigenvalue weighted by Crippen LogP contribution is 2.37. The Morgan fingerprint density at radius 2 is 2.10 bits per heavy atom. The highest BCUT2D eigenvalue weighted by Gasteiger charge is 2.31. The molecule has 1 amide bonds. The van der Waals surface area contributed by atoms with Gasteiger partial charge in [-0.2, -0.15) is 0 Å². The molecule has 2 rings (SSSR count). The van der Waals surface area contributed by atoms with Gasteiger partial charge in [-0.25, -0.2) is 9.78 Å². The lowest BCUT2D eigenvalue weighted by atomic mass is 10.1. The molecule has 114 valence electrons. The quantitative estimate of drug-likeness (QED) is 0.839. The highest BCUT2D eigenvalue weighted by molar-refractivity contribution is 5.97. The summed E-state index contributed by atoms with van der Waals surface area (Å²) in [6.45, 7) is 3.28. The Morgan fingerprint density at radius 3 is 2.52 bits per heavy atom. The molecule has 2 N–H and O–H groups in total. The van der Waals surface area contributed by atoms with Gasteiger partial charge < -0.3 is 15.0 Å². The van der Waals surface area contributed by atoms with E-state index in [-0.39, 0.29) is 17.9 Å². The van der Waals surface area contributed by atoms with Crippen molar-refractivity contribution in [3.63, 3.8) is 0 Å². The molecule has 1 saturated carbocycles. The van der Waals surface area contributed by atoms with Crippen LogP contribution in [0.1, 0.15) is 54.0 Å². The van der Waals surface area contributed by atoms with E-state index in [9.17, 15) is 14.4 Å². The molecule has 1 unspecified atom stereocenters. The van der Waals surface area contributed by atoms with Gasteiger partial charge in [0.15, 0.2) is 0 Å². The van der Waals surface area contributed by atoms with Gasteiger partial charge in [0.05, 0.1) is 5.69 Å². The van der Waals surface area contributed by atoms with Crippen LogP contribution in [0.3, 0.4) is 0 Å². The summed E-state index contributed by atoms with van der Waals surface area (Å²) in [6, 6.07) is -0.959. The maximum atomic E-state index is 12.4. The van der Waals surface area contributed by atoms with Crippen LogP contribution in [-0.2, 0) is 4.79 Å². The molecule has 21 heavy (non-hydrogen) atoms. The number of H-pyrrole nitrogens is 1. The maximum absolute atomic E-state index is 12.4. The van der Waals surface area contributed by atoms with E-state index in [1.165, 1.54) is 7.05 Å². The molecule has 1 fully saturated rings. The zero-order valence-corrected chi connectivity index (χ0v) is 12.3. The number of nitrogens with one attached hydrogen (secondary N) is 1. The van der Waals surface area contributed by atoms with Crippen LogP contribution in [0.25, 0.3) is 0 Å². The molecule has 0 aromatic carbocycles. The number of carboxylic acids is 1. The predicted molar refractivity (Wildman–Crippen MR) is 75.4 cm³/mol. The van der Waals surface area contributed by atoms with Gasteiger partial charge in [-0.3, -0.25) is 9.59 Å². The number of hydrogen-bond donors (Lipinski definition) is 2. The summed E-state index contributed by atoms with van der Waals surface area (Å²) in [4.78, 5) is 43.7. The van der Waals surface area contributed by atoms with Crippen LogP contribution < -0.4 is 5.56 Å². The van der Waals surface area contributed by atoms with E-state index >= 15 is 0 Å². The first kappa shape index (κ1) is 15.2. The normalized spacial score (nSPS) is 15.6. The van der Waals surface area contributed by atoms with E-state index in [4.69, 9.17) is 5.11 Å². The SMILES string of the molecule is CCC(C(=O)O)N(C)C(=O)c1c(C)nc(C2CC2)[nH]c1=O. The van der Waals surface area contributed by atoms with Crippen LogP contribution >= 0.6 is 0 Å². The summed E-state index contributed by atoms with van der Waals surface area (Å²) >= 11 is 0. The fourth-order valence-electron chi connectivity index (χ4n) is 2.34. The van der Waals surface area contributed by atoms with Gasteiger partial charge in [0.2, 0.25) is 0 Å². The predicted octanol–water partition coefficient (Wildman–Crippen LogP) is 0.891. The van der Waals surface area contributed by atoms with E-state index in [1.807, 2.05) is 0 Å². The van der Waals surface area contributed by atoms with Gasteiger partial charge in [-0.15, -0.1) is 0 Å². The summed E-state index contributed by atoms with van der Waals surface area (Å²) < 4.78 is 0. The zero-order chi connectivity index (χ0) is 15.7. The summed E-state index contributed by atoms with van der Waals surface area (Å²) in [6.07, 6.45) is 2.25. The molecule has 7 nitrogen and oxygen atoms in total. The highest BCUT2D eigenvalue weighted by atomic mass is 16.4. The third-order valence-electron chi connectivity index (χ3n) is 3.76. The van der Waals surface area contributed by atoms with Gasteiger partial charge in [0, 0.05) is 13.0 Å². The van der Waals surface area contributed by atoms with Crippen LogP contribution in [0.2, 0.25) is 0 Å². The van der Waals surface area contributed by atoms with Crippen LogP contribution in [0.5, 0.6) is 0 Å². The van der Waals surface area contributed by atoms with Gasteiger partial charge in [0.1, 0.15) is 17.4 Å². The number of carbonyl (C=O) groups is 2. The molecule has 0 saturated heterocycles. The number of aryl methyl sites for hydroxylation is 1. The van der Waals surface area contributed by atoms with Crippen molar-refractivity contribution in [1.82, 2.24) is 14.9 Å². The van der Waals surface area contributed by atoms with Crippen molar-refractivity contribution in [2.75, 3.05) is 7.05 Å². The zero-order valence-electron chi connectivity index (χ0n) is 12.3. The topological polar surface area (TPSA) is 103 Å². The van der Waals surface area contributed by atoms with Crippen LogP contribution in [0.4, 0.5) is 0 Å². The maximum Gasteiger partial charge on any atom is 0.326 e. The van der Waals surface area contributed by atoms with Gasteiger partial charge in [-0.1, -0.05) is 6.92 Å². The molecule has 1 aromatic rings. The Kier molecular flexibility index (Phi) is 4.11. The second-order valence-corrected chi connectivity index (χ2v) is 5.36. The lowest BCUT2D eigenvalue weighted by Crippen LogP contribution is -2.44. The van der Waals surface area contributed by atoms with E-state index in [0.29, 0.717) is 11.5 Å². The molecule has 1 aliphatic rings. The molecule has 1 aromatic heterocycles. The molecule has 1 atom stereocenters. The van der Waals surface area contributed by atoms with Gasteiger partial charge in [-0.05, 0) is 26.2 Å². The lowest BCUT2D eigenvalue weighted by Gasteiger charge is -2.23. The number of rotatable bonds is 5. The van der Waals surface area contributed by atoms with E-state index in [2.05, 4.69) is 9.97 Å². The minimum atomic E-state index is -1.09. The van der Waals surface area contributed by atoms with Crippen LogP contribution in [0, 0.1) is 6.92 Å². The number of amides is 1. The number of nitrogens with zero attached hydrogens (tertiary/aromatic N) is 2. The van der Waals surface area contributed by atoms with E-state index in [0.717, 1.165) is 17.7 Å². The third-order valence-corrected chi connectivity index (χ3v) is 3.76. The second kappa shape index (κ2) is 5.67. The van der Waals surface area contributed by atoms with E-state index in [1.54, 1.807) is 13.8 Å². The van der Waals surface area contributed by atoms with Gasteiger partial charge >= 0.3 is 5.97 Å². The minimum Gasteiger partial charge on any atom is -0.480 e. The number of aliphatic carboxylic acids is 1. The van der Waals surface area contributed by atoms with Crippen molar-refractivity contribution < 1.29 is 14.7 Å². The Morgan fingerprint density at radius 1 is 1.48 bits per heavy atom. The largest absolute Gasteiger partial charge is 0.480 e. The Hall–Kier alpha value is -2.18. The van der Waals surface area contributed by atoms with Gasteiger partial charge in [0.25, 0.3) is 11.5 Å². The number of aromatic amines is 1. The first-order valence-electron chi connectivity index (χ1n) is 6.97. The number of likely N-dealkylation sites (N-methyl/N-ethyl adjacent to an activating group) is 1. The summed E-state index contributed by atoms with van der Waals surface area (Å²) in [5.41, 5.74) is -0.235. The monoisotopic (exact) mass is 293 g/mol. The first-order valence-corrected chi connectivity index (χ1v) is 6.97. The number of hydrogen-bond acceptors (Lipinski definition) is 4. The van der Waals surface area contributed by atoms with Crippen LogP contribution in [-0.4, -0.2) is 44.9 Å². The summed E-state index contributed by atoms with van der Waals surface area (Å²) in [7, 11) is 1.39. The minimum absolute atomic E-state index is 0.0819. The third kappa shape index (κ3) is 2.96. The first-order chi connectivity index (χ1) is 9.86. The second-order valence-electron chi connectivity index (χ2n) is 5.36. The van der Waals surface area contributed by atoms with Crippen LogP contribution in [0.15, 0.2) is 4.79 Å². The molecule has 7 heteroatoms. The summed E-state index contributed by atoms with van der Waals surface area (Å²) in [5, 5.41) is 9.11. The average molecular weight is 293 g/mol. The molecule has 1 aliphatic carbocycles. The standard InChI is InChI=1S/C14H19N3O4/c1-4-9(14(20)21)17(3)13(19)10-7(2)15-11(8-5-6-8)16-12(10)18/h8-9H,4-6H2,1-3H3,(H,20,21)(H,15,16,18). The Labute approximate surface area is 122 Å². The van der Waals surface area contributed by atoms with Crippen molar-refractivity contribution in [3.8, 4) is 0 Å². The van der Waals surface area contributed by atoms with Crippen molar-refractivity contribution in [2.24, 2.45) is 0 Å². The molecule has 0 spiro atoms. The van der Waals surface area contributed by atoms with E-state index < -0.39 is 23.5 Å². The van der Waals surface area contributed by atoms with Crippen molar-refractivity contribution in [2.45, 2.75) is 45.1 Å². The Bertz CT molecular complexity index is 634. The number of carboxylic acid groups (broad SMARTS) is 1. The number of aromatic nitrogens is 2. The summed E-state index contributed by atoms with van der Waals surface area (Å²) in [5.74, 6) is -0.814.